The first-order chi connectivity index (χ1) is 23.7. The van der Waals surface area contributed by atoms with Crippen LogP contribution in [0.15, 0.2) is 30.3 Å². The second-order valence-corrected chi connectivity index (χ2v) is 14.5. The van der Waals surface area contributed by atoms with E-state index in [-0.39, 0.29) is 30.5 Å². The van der Waals surface area contributed by atoms with E-state index in [0.29, 0.717) is 59.4 Å². The highest BCUT2D eigenvalue weighted by Gasteiger charge is 2.50. The van der Waals surface area contributed by atoms with Crippen LogP contribution in [-0.4, -0.2) is 88.9 Å². The highest BCUT2D eigenvalue weighted by Crippen LogP contribution is 2.43. The maximum absolute atomic E-state index is 15.2. The van der Waals surface area contributed by atoms with Gasteiger partial charge in [-0.2, -0.15) is 18.4 Å². The summed E-state index contributed by atoms with van der Waals surface area (Å²) in [5, 5.41) is 16.3. The largest absolute Gasteiger partial charge is 0.477 e. The molecule has 0 bridgehead atoms. The summed E-state index contributed by atoms with van der Waals surface area (Å²) in [5.41, 5.74) is 2.05. The van der Waals surface area contributed by atoms with Gasteiger partial charge >= 0.3 is 6.18 Å². The number of hydrogen-bond donors (Lipinski definition) is 2. The Hall–Kier alpha value is -3.75. The van der Waals surface area contributed by atoms with Gasteiger partial charge in [-0.05, 0) is 42.7 Å². The van der Waals surface area contributed by atoms with Crippen molar-refractivity contribution < 1.29 is 31.8 Å². The van der Waals surface area contributed by atoms with Crippen molar-refractivity contribution in [1.29, 1.82) is 5.26 Å². The molecule has 2 aromatic carbocycles. The molecule has 1 saturated carbocycles. The summed E-state index contributed by atoms with van der Waals surface area (Å²) in [6.45, 7) is 5.81. The van der Waals surface area contributed by atoms with Crippen LogP contribution < -0.4 is 20.3 Å². The van der Waals surface area contributed by atoms with Crippen molar-refractivity contribution in [3.8, 4) is 23.7 Å². The maximum Gasteiger partial charge on any atom is 0.393 e. The van der Waals surface area contributed by atoms with Gasteiger partial charge in [-0.3, -0.25) is 4.90 Å². The van der Waals surface area contributed by atoms with Gasteiger partial charge in [0.25, 0.3) is 0 Å². The lowest BCUT2D eigenvalue weighted by Gasteiger charge is -2.58. The zero-order valence-electron chi connectivity index (χ0n) is 27.1. The Kier molecular flexibility index (Phi) is 9.80. The molecule has 3 saturated heterocycles. The summed E-state index contributed by atoms with van der Waals surface area (Å²) in [5.74, 6) is 5.73. The number of thiophene rings is 1. The smallest absolute Gasteiger partial charge is 0.393 e. The number of ether oxygens (including phenoxy) is 3. The van der Waals surface area contributed by atoms with Crippen LogP contribution in [0.1, 0.15) is 36.1 Å². The third-order valence-electron chi connectivity index (χ3n) is 9.92. The number of halogens is 4. The van der Waals surface area contributed by atoms with Gasteiger partial charge < -0.3 is 29.7 Å². The number of likely N-dealkylation sites (tertiary alicyclic amines) is 1. The molecule has 8 nitrogen and oxygen atoms in total. The van der Waals surface area contributed by atoms with Crippen LogP contribution in [0.3, 0.4) is 0 Å². The van der Waals surface area contributed by atoms with E-state index in [0.717, 1.165) is 62.4 Å². The SMILES string of the molecule is N#CCOc1cc(N2CCOCC2)c(F)cc1NCC#Cc1sc2c(NC3CCC(N4CC5(COC5)C4)CC3)cccc2c1CC(F)(F)F. The van der Waals surface area contributed by atoms with E-state index in [1.165, 1.54) is 17.4 Å². The molecular weight excluding hydrogens is 658 g/mol. The fourth-order valence-corrected chi connectivity index (χ4v) is 8.60. The molecule has 4 fully saturated rings. The third-order valence-corrected chi connectivity index (χ3v) is 11.1. The molecule has 0 radical (unpaired) electrons. The van der Waals surface area contributed by atoms with Gasteiger partial charge in [-0.1, -0.05) is 24.0 Å². The molecule has 13 heteroatoms. The minimum Gasteiger partial charge on any atom is -0.477 e. The summed E-state index contributed by atoms with van der Waals surface area (Å²) < 4.78 is 73.7. The lowest BCUT2D eigenvalue weighted by molar-refractivity contribution is -0.200. The van der Waals surface area contributed by atoms with Crippen LogP contribution in [0.2, 0.25) is 0 Å². The molecule has 7 rings (SSSR count). The van der Waals surface area contributed by atoms with E-state index in [1.54, 1.807) is 18.2 Å². The van der Waals surface area contributed by atoms with Gasteiger partial charge in [0.1, 0.15) is 17.6 Å². The third kappa shape index (κ3) is 7.56. The predicted molar refractivity (Wildman–Crippen MR) is 182 cm³/mol. The van der Waals surface area contributed by atoms with E-state index in [1.807, 2.05) is 17.0 Å². The fraction of sp³-hybridized carbons (Fsp3) is 0.528. The summed E-state index contributed by atoms with van der Waals surface area (Å²) in [6, 6.07) is 11.1. The summed E-state index contributed by atoms with van der Waals surface area (Å²) in [4.78, 5) is 4.79. The number of fused-ring (bicyclic) bond motifs is 1. The maximum atomic E-state index is 15.2. The number of alkyl halides is 3. The molecule has 2 N–H and O–H groups in total. The van der Waals surface area contributed by atoms with Crippen LogP contribution in [-0.2, 0) is 15.9 Å². The number of nitrogens with one attached hydrogen (secondary N) is 2. The summed E-state index contributed by atoms with van der Waals surface area (Å²) in [7, 11) is 0. The van der Waals surface area contributed by atoms with E-state index in [9.17, 15) is 13.2 Å². The van der Waals surface area contributed by atoms with Crippen molar-refractivity contribution in [3.63, 3.8) is 0 Å². The Labute approximate surface area is 287 Å². The molecule has 4 aliphatic rings. The molecule has 260 valence electrons. The molecule has 0 amide bonds. The average Bonchev–Trinajstić information content (AvgIpc) is 3.39. The molecule has 0 unspecified atom stereocenters. The standard InChI is InChI=1S/C36H39F4N5O3S/c37-28-17-30(32(48-14-10-41)18-31(28)44-12-15-46-16-13-44)42-11-2-5-33-27(19-36(38,39)40)26-3-1-4-29(34(26)49-33)43-24-6-8-25(9-7-24)45-20-35(21-45)22-47-23-35/h1,3-4,17-18,24-25,42-43H,6-9,11-16,19-23H2. The second-order valence-electron chi connectivity index (χ2n) is 13.4. The van der Waals surface area contributed by atoms with Crippen LogP contribution in [0.4, 0.5) is 34.6 Å². The zero-order chi connectivity index (χ0) is 34.0. The number of nitriles is 1. The topological polar surface area (TPSA) is 82.0 Å². The number of anilines is 3. The highest BCUT2D eigenvalue weighted by molar-refractivity contribution is 7.20. The molecule has 3 aromatic rings. The highest BCUT2D eigenvalue weighted by atomic mass is 32.1. The van der Waals surface area contributed by atoms with Gasteiger partial charge in [0.15, 0.2) is 6.61 Å². The van der Waals surface area contributed by atoms with Crippen molar-refractivity contribution in [2.45, 2.75) is 50.4 Å². The molecule has 49 heavy (non-hydrogen) atoms. The van der Waals surface area contributed by atoms with Crippen molar-refractivity contribution in [2.75, 3.05) is 81.3 Å². The van der Waals surface area contributed by atoms with Crippen LogP contribution in [0.5, 0.6) is 5.75 Å². The fourth-order valence-electron chi connectivity index (χ4n) is 7.43. The molecule has 4 heterocycles. The van der Waals surface area contributed by atoms with Gasteiger partial charge in [-0.15, -0.1) is 11.3 Å². The van der Waals surface area contributed by atoms with Crippen LogP contribution >= 0.6 is 11.3 Å². The molecule has 1 aromatic heterocycles. The zero-order valence-corrected chi connectivity index (χ0v) is 28.0. The van der Waals surface area contributed by atoms with E-state index >= 15 is 4.39 Å². The number of nitrogens with zero attached hydrogens (tertiary/aromatic N) is 3. The van der Waals surface area contributed by atoms with Crippen molar-refractivity contribution in [2.24, 2.45) is 5.41 Å². The van der Waals surface area contributed by atoms with Gasteiger partial charge in [0.05, 0.1) is 66.0 Å². The number of benzene rings is 2. The monoisotopic (exact) mass is 697 g/mol. The first-order valence-electron chi connectivity index (χ1n) is 16.8. The molecule has 1 spiro atoms. The lowest BCUT2D eigenvalue weighted by Crippen LogP contribution is -2.68. The molecular formula is C36H39F4N5O3S. The minimum atomic E-state index is -4.40. The van der Waals surface area contributed by atoms with Gasteiger partial charge in [0, 0.05) is 55.8 Å². The van der Waals surface area contributed by atoms with Crippen LogP contribution in [0, 0.1) is 34.4 Å². The van der Waals surface area contributed by atoms with Gasteiger partial charge in [0.2, 0.25) is 0 Å². The summed E-state index contributed by atoms with van der Waals surface area (Å²) >= 11 is 1.27. The number of rotatable bonds is 9. The van der Waals surface area contributed by atoms with Crippen LogP contribution in [0.25, 0.3) is 10.1 Å². The van der Waals surface area contributed by atoms with E-state index in [4.69, 9.17) is 19.5 Å². The van der Waals surface area contributed by atoms with E-state index in [2.05, 4.69) is 27.4 Å². The molecule has 1 aliphatic carbocycles. The minimum absolute atomic E-state index is 0.0263. The Balaban J connectivity index is 1.06. The number of morpholine rings is 1. The predicted octanol–water partition coefficient (Wildman–Crippen LogP) is 6.40. The Morgan fingerprint density at radius 3 is 2.51 bits per heavy atom. The van der Waals surface area contributed by atoms with E-state index < -0.39 is 18.4 Å². The number of hydrogen-bond acceptors (Lipinski definition) is 9. The lowest BCUT2D eigenvalue weighted by atomic mass is 9.75. The normalized spacial score (nSPS) is 22.1. The van der Waals surface area contributed by atoms with Crippen molar-refractivity contribution >= 4 is 38.5 Å². The molecule has 0 atom stereocenters. The quantitative estimate of drug-likeness (QED) is 0.197. The Morgan fingerprint density at radius 1 is 1.04 bits per heavy atom. The Morgan fingerprint density at radius 2 is 1.82 bits per heavy atom. The second kappa shape index (κ2) is 14.2. The summed E-state index contributed by atoms with van der Waals surface area (Å²) in [6.07, 6.45) is -1.27. The average molecular weight is 698 g/mol. The first-order valence-corrected chi connectivity index (χ1v) is 17.6. The van der Waals surface area contributed by atoms with Crippen molar-refractivity contribution in [3.05, 3.63) is 46.6 Å². The Bertz CT molecular complexity index is 1750. The molecule has 3 aliphatic heterocycles. The van der Waals surface area contributed by atoms with Crippen molar-refractivity contribution in [1.82, 2.24) is 4.90 Å². The first kappa shape index (κ1) is 33.7. The van der Waals surface area contributed by atoms with Gasteiger partial charge in [-0.25, -0.2) is 4.39 Å².